The van der Waals surface area contributed by atoms with Crippen molar-refractivity contribution in [3.63, 3.8) is 0 Å². The lowest BCUT2D eigenvalue weighted by Crippen LogP contribution is -2.48. The molecule has 2 unspecified atom stereocenters. The Hall–Kier alpha value is -3.49. The molecule has 0 radical (unpaired) electrons. The largest absolute Gasteiger partial charge is 0.493 e. The van der Waals surface area contributed by atoms with E-state index in [9.17, 15) is 9.90 Å². The molecule has 186 valence electrons. The maximum Gasteiger partial charge on any atom is 0.228 e. The summed E-state index contributed by atoms with van der Waals surface area (Å²) in [6, 6.07) is 6.40. The van der Waals surface area contributed by atoms with E-state index in [0.717, 1.165) is 23.1 Å². The van der Waals surface area contributed by atoms with E-state index < -0.39 is 0 Å². The van der Waals surface area contributed by atoms with Crippen molar-refractivity contribution < 1.29 is 14.6 Å². The van der Waals surface area contributed by atoms with Crippen LogP contribution in [0.15, 0.2) is 24.4 Å². The van der Waals surface area contributed by atoms with Crippen LogP contribution in [0.25, 0.3) is 10.9 Å². The number of ether oxygens (including phenoxy) is 1. The highest BCUT2D eigenvalue weighted by Crippen LogP contribution is 2.36. The van der Waals surface area contributed by atoms with Gasteiger partial charge < -0.3 is 29.5 Å². The summed E-state index contributed by atoms with van der Waals surface area (Å²) < 4.78 is 7.68. The molecule has 4 heterocycles. The SMILES string of the molecule is CC(=O)N1CCN(c2nc(NC(C)c3ccc4c(c3)CC(C)O4)c3cn(C(C)C)c(O)c3n2)CC1. The summed E-state index contributed by atoms with van der Waals surface area (Å²) in [6.07, 6.45) is 3.03. The van der Waals surface area contributed by atoms with E-state index in [-0.39, 0.29) is 30.0 Å². The van der Waals surface area contributed by atoms with Crippen molar-refractivity contribution in [3.05, 3.63) is 35.5 Å². The zero-order valence-corrected chi connectivity index (χ0v) is 21.1. The summed E-state index contributed by atoms with van der Waals surface area (Å²) in [5.74, 6) is 2.43. The number of rotatable bonds is 5. The number of nitrogens with one attached hydrogen (secondary N) is 1. The molecule has 35 heavy (non-hydrogen) atoms. The Morgan fingerprint density at radius 2 is 1.91 bits per heavy atom. The molecule has 2 N–H and O–H groups in total. The molecule has 1 aromatic carbocycles. The van der Waals surface area contributed by atoms with E-state index in [1.807, 2.05) is 35.6 Å². The van der Waals surface area contributed by atoms with Crippen molar-refractivity contribution in [1.29, 1.82) is 0 Å². The van der Waals surface area contributed by atoms with E-state index in [4.69, 9.17) is 14.7 Å². The minimum atomic E-state index is -0.0127. The standard InChI is InChI=1S/C26H34N6O3/c1-15(2)32-14-21-23(25(32)34)28-26(31-10-8-30(9-11-31)18(5)33)29-24(21)27-17(4)19-6-7-22-20(13-19)12-16(3)35-22/h6-7,13-17,34H,8-12H2,1-5H3,(H,27,28,29). The van der Waals surface area contributed by atoms with Gasteiger partial charge in [0.1, 0.15) is 23.2 Å². The number of fused-ring (bicyclic) bond motifs is 2. The van der Waals surface area contributed by atoms with Crippen LogP contribution in [0.4, 0.5) is 11.8 Å². The fourth-order valence-corrected chi connectivity index (χ4v) is 4.94. The minimum Gasteiger partial charge on any atom is -0.493 e. The number of carbonyl (C=O) groups excluding carboxylic acids is 1. The number of amides is 1. The van der Waals surface area contributed by atoms with E-state index in [2.05, 4.69) is 36.2 Å². The second-order valence-electron chi connectivity index (χ2n) is 9.95. The molecule has 2 aliphatic rings. The van der Waals surface area contributed by atoms with Gasteiger partial charge in [0.05, 0.1) is 5.39 Å². The Balaban J connectivity index is 1.49. The highest BCUT2D eigenvalue weighted by atomic mass is 16.5. The number of benzene rings is 1. The highest BCUT2D eigenvalue weighted by Gasteiger charge is 2.25. The summed E-state index contributed by atoms with van der Waals surface area (Å²) in [6.45, 7) is 12.4. The van der Waals surface area contributed by atoms with E-state index in [0.29, 0.717) is 43.5 Å². The zero-order valence-electron chi connectivity index (χ0n) is 21.1. The monoisotopic (exact) mass is 478 g/mol. The quantitative estimate of drug-likeness (QED) is 0.574. The minimum absolute atomic E-state index is 0.0127. The summed E-state index contributed by atoms with van der Waals surface area (Å²) >= 11 is 0. The van der Waals surface area contributed by atoms with Crippen molar-refractivity contribution in [3.8, 4) is 11.6 Å². The molecule has 3 aromatic rings. The molecule has 1 fully saturated rings. The Kier molecular flexibility index (Phi) is 5.94. The Bertz CT molecular complexity index is 1260. The first-order valence-corrected chi connectivity index (χ1v) is 12.4. The zero-order chi connectivity index (χ0) is 24.9. The average Bonchev–Trinajstić information content (AvgIpc) is 3.37. The van der Waals surface area contributed by atoms with Gasteiger partial charge in [-0.05, 0) is 51.0 Å². The lowest BCUT2D eigenvalue weighted by Gasteiger charge is -2.34. The number of hydrogen-bond donors (Lipinski definition) is 2. The molecule has 0 aliphatic carbocycles. The van der Waals surface area contributed by atoms with Gasteiger partial charge in [0.25, 0.3) is 0 Å². The van der Waals surface area contributed by atoms with Gasteiger partial charge in [-0.3, -0.25) is 4.79 Å². The smallest absolute Gasteiger partial charge is 0.228 e. The number of aromatic nitrogens is 3. The molecule has 2 atom stereocenters. The fourth-order valence-electron chi connectivity index (χ4n) is 4.94. The van der Waals surface area contributed by atoms with Crippen LogP contribution >= 0.6 is 0 Å². The first-order chi connectivity index (χ1) is 16.7. The first-order valence-electron chi connectivity index (χ1n) is 12.4. The Labute approximate surface area is 205 Å². The maximum absolute atomic E-state index is 11.7. The van der Waals surface area contributed by atoms with Crippen molar-refractivity contribution in [2.24, 2.45) is 0 Å². The van der Waals surface area contributed by atoms with E-state index in [1.54, 1.807) is 6.92 Å². The third-order valence-electron chi connectivity index (χ3n) is 7.00. The van der Waals surface area contributed by atoms with Crippen LogP contribution in [-0.2, 0) is 11.2 Å². The van der Waals surface area contributed by atoms with Gasteiger partial charge in [0.15, 0.2) is 0 Å². The molecule has 5 rings (SSSR count). The summed E-state index contributed by atoms with van der Waals surface area (Å²) in [5, 5.41) is 15.3. The molecular formula is C26H34N6O3. The summed E-state index contributed by atoms with van der Waals surface area (Å²) in [5.41, 5.74) is 2.91. The molecule has 0 saturated carbocycles. The third kappa shape index (κ3) is 4.35. The van der Waals surface area contributed by atoms with Gasteiger partial charge in [-0.2, -0.15) is 4.98 Å². The average molecular weight is 479 g/mol. The van der Waals surface area contributed by atoms with E-state index in [1.165, 1.54) is 5.56 Å². The summed E-state index contributed by atoms with van der Waals surface area (Å²) in [7, 11) is 0. The second-order valence-corrected chi connectivity index (χ2v) is 9.95. The van der Waals surface area contributed by atoms with Crippen LogP contribution < -0.4 is 15.0 Å². The number of piperazine rings is 1. The van der Waals surface area contributed by atoms with Crippen LogP contribution in [0.3, 0.4) is 0 Å². The number of anilines is 2. The van der Waals surface area contributed by atoms with Crippen LogP contribution in [0.5, 0.6) is 11.6 Å². The third-order valence-corrected chi connectivity index (χ3v) is 7.00. The topological polar surface area (TPSA) is 95.8 Å². The second kappa shape index (κ2) is 8.94. The van der Waals surface area contributed by atoms with Gasteiger partial charge in [-0.1, -0.05) is 6.07 Å². The Morgan fingerprint density at radius 3 is 2.60 bits per heavy atom. The van der Waals surface area contributed by atoms with Crippen LogP contribution in [0, 0.1) is 0 Å². The van der Waals surface area contributed by atoms with E-state index >= 15 is 0 Å². The van der Waals surface area contributed by atoms with Crippen molar-refractivity contribution in [1.82, 2.24) is 19.4 Å². The number of carbonyl (C=O) groups is 1. The molecule has 9 heteroatoms. The molecule has 1 saturated heterocycles. The summed E-state index contributed by atoms with van der Waals surface area (Å²) in [4.78, 5) is 25.3. The van der Waals surface area contributed by atoms with Gasteiger partial charge >= 0.3 is 0 Å². The number of nitrogens with zero attached hydrogens (tertiary/aromatic N) is 5. The van der Waals surface area contributed by atoms with Crippen molar-refractivity contribution in [2.45, 2.75) is 59.2 Å². The molecule has 0 bridgehead atoms. The van der Waals surface area contributed by atoms with Crippen molar-refractivity contribution in [2.75, 3.05) is 36.4 Å². The molecule has 0 spiro atoms. The highest BCUT2D eigenvalue weighted by molar-refractivity contribution is 5.94. The predicted molar refractivity (Wildman–Crippen MR) is 136 cm³/mol. The van der Waals surface area contributed by atoms with Crippen LogP contribution in [0.1, 0.15) is 57.8 Å². The lowest BCUT2D eigenvalue weighted by molar-refractivity contribution is -0.129. The maximum atomic E-state index is 11.7. The molecule has 9 nitrogen and oxygen atoms in total. The van der Waals surface area contributed by atoms with Gasteiger partial charge in [0, 0.05) is 57.8 Å². The van der Waals surface area contributed by atoms with Gasteiger partial charge in [0.2, 0.25) is 17.7 Å². The molecular weight excluding hydrogens is 444 g/mol. The first kappa shape index (κ1) is 23.3. The lowest BCUT2D eigenvalue weighted by atomic mass is 10.0. The van der Waals surface area contributed by atoms with Crippen LogP contribution in [-0.4, -0.2) is 62.7 Å². The van der Waals surface area contributed by atoms with Gasteiger partial charge in [-0.15, -0.1) is 0 Å². The number of hydrogen-bond acceptors (Lipinski definition) is 7. The van der Waals surface area contributed by atoms with Gasteiger partial charge in [-0.25, -0.2) is 4.98 Å². The molecule has 1 amide bonds. The van der Waals surface area contributed by atoms with Crippen LogP contribution in [0.2, 0.25) is 0 Å². The fraction of sp³-hybridized carbons (Fsp3) is 0.500. The Morgan fingerprint density at radius 1 is 1.17 bits per heavy atom. The normalized spacial score (nSPS) is 18.6. The predicted octanol–water partition coefficient (Wildman–Crippen LogP) is 3.88. The van der Waals surface area contributed by atoms with Crippen molar-refractivity contribution >= 4 is 28.6 Å². The number of aromatic hydroxyl groups is 1. The molecule has 2 aliphatic heterocycles. The molecule has 2 aromatic heterocycles.